The Labute approximate surface area is 173 Å². The zero-order valence-electron chi connectivity index (χ0n) is 17.4. The highest BCUT2D eigenvalue weighted by Gasteiger charge is 2.26. The molecule has 0 aliphatic heterocycles. The summed E-state index contributed by atoms with van der Waals surface area (Å²) in [5.74, 6) is -1.24. The van der Waals surface area contributed by atoms with E-state index in [-0.39, 0.29) is 16.2 Å². The molecule has 0 amide bonds. The summed E-state index contributed by atoms with van der Waals surface area (Å²) < 4.78 is 25.9. The van der Waals surface area contributed by atoms with Crippen LogP contribution in [0.1, 0.15) is 56.8 Å². The van der Waals surface area contributed by atoms with Gasteiger partial charge in [0.15, 0.2) is 9.84 Å². The minimum atomic E-state index is -3.65. The number of carboxylic acid groups (broad SMARTS) is 1. The predicted molar refractivity (Wildman–Crippen MR) is 116 cm³/mol. The highest BCUT2D eigenvalue weighted by atomic mass is 32.2. The first-order chi connectivity index (χ1) is 13.9. The fourth-order valence-corrected chi connectivity index (χ4v) is 4.38. The Morgan fingerprint density at radius 2 is 1.76 bits per heavy atom. The van der Waals surface area contributed by atoms with Crippen LogP contribution in [0.5, 0.6) is 0 Å². The Kier molecular flexibility index (Phi) is 8.20. The summed E-state index contributed by atoms with van der Waals surface area (Å²) >= 11 is 0. The van der Waals surface area contributed by atoms with Gasteiger partial charge in [-0.25, -0.2) is 13.2 Å². The van der Waals surface area contributed by atoms with Crippen molar-refractivity contribution in [2.45, 2.75) is 51.3 Å². The number of rotatable bonds is 11. The van der Waals surface area contributed by atoms with Crippen LogP contribution < -0.4 is 4.90 Å². The number of aromatic nitrogens is 1. The topological polar surface area (TPSA) is 87.6 Å². The Morgan fingerprint density at radius 3 is 2.24 bits per heavy atom. The largest absolute Gasteiger partial charge is 0.478 e. The van der Waals surface area contributed by atoms with Gasteiger partial charge in [-0.05, 0) is 31.0 Å². The molecule has 0 aliphatic carbocycles. The number of anilines is 1. The van der Waals surface area contributed by atoms with Crippen LogP contribution >= 0.6 is 0 Å². The molecular weight excluding hydrogens is 388 g/mol. The number of sulfone groups is 1. The molecule has 1 heterocycles. The van der Waals surface area contributed by atoms with Gasteiger partial charge in [0.25, 0.3) is 0 Å². The molecule has 0 unspecified atom stereocenters. The second-order valence-corrected chi connectivity index (χ2v) is 9.26. The Morgan fingerprint density at radius 1 is 1.10 bits per heavy atom. The summed E-state index contributed by atoms with van der Waals surface area (Å²) in [6.07, 6.45) is 7.11. The van der Waals surface area contributed by atoms with E-state index in [0.717, 1.165) is 38.8 Å². The van der Waals surface area contributed by atoms with Gasteiger partial charge in [-0.15, -0.1) is 0 Å². The second-order valence-electron chi connectivity index (χ2n) is 7.01. The highest BCUT2D eigenvalue weighted by molar-refractivity contribution is 7.91. The lowest BCUT2D eigenvalue weighted by molar-refractivity contribution is 0.0696. The van der Waals surface area contributed by atoms with Crippen molar-refractivity contribution in [3.63, 3.8) is 0 Å². The molecule has 0 saturated carbocycles. The SMILES string of the molecule is CCCCN(CCCC)c1cc(C(=O)O)cc(S(=O)(=O)CC)c1-c1cccnc1. The molecule has 2 aromatic rings. The maximum absolute atomic E-state index is 12.9. The molecule has 1 N–H and O–H groups in total. The fraction of sp³-hybridized carbons (Fsp3) is 0.455. The lowest BCUT2D eigenvalue weighted by Crippen LogP contribution is -2.27. The third-order valence-corrected chi connectivity index (χ3v) is 6.65. The Bertz CT molecular complexity index is 919. The fourth-order valence-electron chi connectivity index (χ4n) is 3.23. The number of aromatic carboxylic acids is 1. The Hall–Kier alpha value is -2.41. The smallest absolute Gasteiger partial charge is 0.335 e. The summed E-state index contributed by atoms with van der Waals surface area (Å²) in [6.45, 7) is 7.24. The standard InChI is InChI=1S/C22H30N2O4S/c1-4-7-12-24(13-8-5-2)19-14-18(22(25)26)15-20(29(27,28)6-3)21(19)17-10-9-11-23-16-17/h9-11,14-16H,4-8,12-13H2,1-3H3,(H,25,26). The first kappa shape index (κ1) is 22.9. The number of carbonyl (C=O) groups is 1. The molecule has 0 radical (unpaired) electrons. The van der Waals surface area contributed by atoms with Crippen molar-refractivity contribution in [3.05, 3.63) is 42.2 Å². The van der Waals surface area contributed by atoms with Crippen molar-refractivity contribution < 1.29 is 18.3 Å². The van der Waals surface area contributed by atoms with Crippen molar-refractivity contribution in [2.24, 2.45) is 0 Å². The van der Waals surface area contributed by atoms with Crippen molar-refractivity contribution in [1.29, 1.82) is 0 Å². The van der Waals surface area contributed by atoms with Crippen LogP contribution in [0.3, 0.4) is 0 Å². The number of nitrogens with zero attached hydrogens (tertiary/aromatic N) is 2. The highest BCUT2D eigenvalue weighted by Crippen LogP contribution is 2.38. The molecule has 6 nitrogen and oxygen atoms in total. The molecule has 1 aromatic heterocycles. The maximum Gasteiger partial charge on any atom is 0.335 e. The molecule has 1 aromatic carbocycles. The molecule has 0 atom stereocenters. The van der Waals surface area contributed by atoms with Crippen LogP contribution in [-0.2, 0) is 9.84 Å². The summed E-state index contributed by atoms with van der Waals surface area (Å²) in [7, 11) is -3.65. The number of carboxylic acids is 1. The predicted octanol–water partition coefficient (Wildman–Crippen LogP) is 4.65. The van der Waals surface area contributed by atoms with Crippen molar-refractivity contribution in [1.82, 2.24) is 4.98 Å². The molecule has 0 saturated heterocycles. The van der Waals surface area contributed by atoms with Crippen LogP contribution in [0.15, 0.2) is 41.6 Å². The van der Waals surface area contributed by atoms with Gasteiger partial charge in [0, 0.05) is 42.3 Å². The van der Waals surface area contributed by atoms with Crippen LogP contribution in [0.25, 0.3) is 11.1 Å². The molecule has 0 aliphatic rings. The number of hydrogen-bond donors (Lipinski definition) is 1. The van der Waals surface area contributed by atoms with Crippen LogP contribution in [0.4, 0.5) is 5.69 Å². The summed E-state index contributed by atoms with van der Waals surface area (Å²) in [5, 5.41) is 9.64. The zero-order chi connectivity index (χ0) is 21.4. The normalized spacial score (nSPS) is 11.4. The minimum Gasteiger partial charge on any atom is -0.478 e. The van der Waals surface area contributed by atoms with E-state index < -0.39 is 15.8 Å². The van der Waals surface area contributed by atoms with Gasteiger partial charge in [-0.2, -0.15) is 0 Å². The van der Waals surface area contributed by atoms with Gasteiger partial charge in [-0.3, -0.25) is 4.98 Å². The Balaban J connectivity index is 2.85. The molecule has 0 bridgehead atoms. The van der Waals surface area contributed by atoms with E-state index >= 15 is 0 Å². The van der Waals surface area contributed by atoms with Crippen LogP contribution in [0.2, 0.25) is 0 Å². The van der Waals surface area contributed by atoms with Crippen molar-refractivity contribution in [3.8, 4) is 11.1 Å². The quantitative estimate of drug-likeness (QED) is 0.572. The lowest BCUT2D eigenvalue weighted by Gasteiger charge is -2.29. The van der Waals surface area contributed by atoms with Gasteiger partial charge < -0.3 is 10.0 Å². The van der Waals surface area contributed by atoms with Crippen LogP contribution in [0, 0.1) is 0 Å². The number of pyridine rings is 1. The molecule has 0 spiro atoms. The number of benzene rings is 1. The average molecular weight is 419 g/mol. The molecule has 0 fully saturated rings. The monoisotopic (exact) mass is 418 g/mol. The van der Waals surface area contributed by atoms with E-state index in [9.17, 15) is 18.3 Å². The van der Waals surface area contributed by atoms with E-state index in [2.05, 4.69) is 23.7 Å². The molecule has 158 valence electrons. The van der Waals surface area contributed by atoms with Gasteiger partial charge in [0.2, 0.25) is 0 Å². The minimum absolute atomic E-state index is 0.0161. The third-order valence-electron chi connectivity index (χ3n) is 4.90. The lowest BCUT2D eigenvalue weighted by atomic mass is 10.0. The van der Waals surface area contributed by atoms with Crippen LogP contribution in [-0.4, -0.2) is 43.3 Å². The molecule has 7 heteroatoms. The first-order valence-corrected chi connectivity index (χ1v) is 11.8. The second kappa shape index (κ2) is 10.4. The maximum atomic E-state index is 12.9. The summed E-state index contributed by atoms with van der Waals surface area (Å²) in [6, 6.07) is 6.46. The first-order valence-electron chi connectivity index (χ1n) is 10.1. The summed E-state index contributed by atoms with van der Waals surface area (Å²) in [4.78, 5) is 18.1. The van der Waals surface area contributed by atoms with Crippen molar-refractivity contribution in [2.75, 3.05) is 23.7 Å². The van der Waals surface area contributed by atoms with Gasteiger partial charge in [-0.1, -0.05) is 39.7 Å². The van der Waals surface area contributed by atoms with E-state index in [1.807, 2.05) is 6.07 Å². The van der Waals surface area contributed by atoms with E-state index in [0.29, 0.717) is 16.8 Å². The van der Waals surface area contributed by atoms with Gasteiger partial charge in [0.1, 0.15) is 0 Å². The zero-order valence-corrected chi connectivity index (χ0v) is 18.2. The molecule has 29 heavy (non-hydrogen) atoms. The van der Waals surface area contributed by atoms with E-state index in [4.69, 9.17) is 0 Å². The van der Waals surface area contributed by atoms with Gasteiger partial charge >= 0.3 is 5.97 Å². The van der Waals surface area contributed by atoms with Gasteiger partial charge in [0.05, 0.1) is 16.2 Å². The summed E-state index contributed by atoms with van der Waals surface area (Å²) in [5.41, 5.74) is 1.84. The molecular formula is C22H30N2O4S. The average Bonchev–Trinajstić information content (AvgIpc) is 2.73. The third kappa shape index (κ3) is 5.56. The number of hydrogen-bond acceptors (Lipinski definition) is 5. The van der Waals surface area contributed by atoms with E-state index in [1.165, 1.54) is 6.07 Å². The van der Waals surface area contributed by atoms with E-state index in [1.54, 1.807) is 31.5 Å². The number of unbranched alkanes of at least 4 members (excludes halogenated alkanes) is 2. The van der Waals surface area contributed by atoms with Crippen molar-refractivity contribution >= 4 is 21.5 Å². The molecule has 2 rings (SSSR count).